The van der Waals surface area contributed by atoms with Crippen LogP contribution in [0, 0.1) is 0 Å². The van der Waals surface area contributed by atoms with Gasteiger partial charge >= 0.3 is 0 Å². The molecule has 1 aliphatic heterocycles. The van der Waals surface area contributed by atoms with Crippen molar-refractivity contribution in [2.24, 2.45) is 5.73 Å². The molecule has 23 heavy (non-hydrogen) atoms. The highest BCUT2D eigenvalue weighted by Gasteiger charge is 2.24. The Kier molecular flexibility index (Phi) is 7.05. The van der Waals surface area contributed by atoms with Crippen LogP contribution in [-0.2, 0) is 0 Å². The Bertz CT molecular complexity index is 519. The van der Waals surface area contributed by atoms with E-state index < -0.39 is 0 Å². The summed E-state index contributed by atoms with van der Waals surface area (Å²) in [6.45, 7) is 1.09. The number of hydrogen-bond acceptors (Lipinski definition) is 5. The Balaban J connectivity index is 2.10. The van der Waals surface area contributed by atoms with Crippen molar-refractivity contribution >= 4 is 17.7 Å². The van der Waals surface area contributed by atoms with E-state index in [2.05, 4.69) is 0 Å². The molecule has 1 heterocycles. The number of carbonyl (C=O) groups is 1. The quantitative estimate of drug-likeness (QED) is 0.773. The topological polar surface area (TPSA) is 64.8 Å². The standard InChI is InChI=1S/C17H26N2O3S/c1-19(14-6-10-23-11-7-14)17(20)13-4-5-15(21-2)16(12-13)22-9-3-8-18/h4-5,12,14H,3,6-11,18H2,1-2H3. The highest BCUT2D eigenvalue weighted by Crippen LogP contribution is 2.29. The minimum Gasteiger partial charge on any atom is -0.493 e. The summed E-state index contributed by atoms with van der Waals surface area (Å²) in [6.07, 6.45) is 2.88. The van der Waals surface area contributed by atoms with Gasteiger partial charge in [0.1, 0.15) is 0 Å². The van der Waals surface area contributed by atoms with E-state index in [4.69, 9.17) is 15.2 Å². The largest absolute Gasteiger partial charge is 0.493 e. The first-order chi connectivity index (χ1) is 11.2. The van der Waals surface area contributed by atoms with Crippen molar-refractivity contribution in [2.75, 3.05) is 38.8 Å². The Morgan fingerprint density at radius 1 is 1.35 bits per heavy atom. The van der Waals surface area contributed by atoms with Gasteiger partial charge in [-0.1, -0.05) is 0 Å². The molecule has 1 saturated heterocycles. The molecule has 0 bridgehead atoms. The lowest BCUT2D eigenvalue weighted by atomic mass is 10.1. The second kappa shape index (κ2) is 9.03. The van der Waals surface area contributed by atoms with E-state index in [0.717, 1.165) is 30.8 Å². The highest BCUT2D eigenvalue weighted by molar-refractivity contribution is 7.99. The number of carbonyl (C=O) groups excluding carboxylic acids is 1. The van der Waals surface area contributed by atoms with Gasteiger partial charge in [-0.25, -0.2) is 0 Å². The number of benzene rings is 1. The predicted octanol–water partition coefficient (Wildman–Crippen LogP) is 2.39. The average molecular weight is 338 g/mol. The molecule has 1 aromatic rings. The number of methoxy groups -OCH3 is 1. The molecule has 1 aromatic carbocycles. The van der Waals surface area contributed by atoms with Gasteiger partial charge in [0, 0.05) is 18.7 Å². The Morgan fingerprint density at radius 3 is 2.74 bits per heavy atom. The molecule has 0 unspecified atom stereocenters. The van der Waals surface area contributed by atoms with Gasteiger partial charge in [-0.05, 0) is 55.5 Å². The van der Waals surface area contributed by atoms with Gasteiger partial charge in [-0.3, -0.25) is 4.79 Å². The van der Waals surface area contributed by atoms with Crippen LogP contribution in [0.3, 0.4) is 0 Å². The Labute approximate surface area is 142 Å². The summed E-state index contributed by atoms with van der Waals surface area (Å²) < 4.78 is 11.0. The third kappa shape index (κ3) is 4.78. The molecule has 0 aliphatic carbocycles. The maximum atomic E-state index is 12.7. The molecular weight excluding hydrogens is 312 g/mol. The number of ether oxygens (including phenoxy) is 2. The van der Waals surface area contributed by atoms with Crippen LogP contribution in [0.25, 0.3) is 0 Å². The van der Waals surface area contributed by atoms with Gasteiger partial charge in [0.05, 0.1) is 13.7 Å². The Hall–Kier alpha value is -1.40. The zero-order chi connectivity index (χ0) is 16.7. The van der Waals surface area contributed by atoms with Crippen molar-refractivity contribution in [3.8, 4) is 11.5 Å². The van der Waals surface area contributed by atoms with Crippen molar-refractivity contribution in [3.63, 3.8) is 0 Å². The molecule has 1 amide bonds. The average Bonchev–Trinajstić information content (AvgIpc) is 2.61. The van der Waals surface area contributed by atoms with E-state index in [0.29, 0.717) is 36.3 Å². The van der Waals surface area contributed by atoms with E-state index >= 15 is 0 Å². The highest BCUT2D eigenvalue weighted by atomic mass is 32.2. The van der Waals surface area contributed by atoms with Crippen LogP contribution in [0.15, 0.2) is 18.2 Å². The summed E-state index contributed by atoms with van der Waals surface area (Å²) in [7, 11) is 3.49. The fraction of sp³-hybridized carbons (Fsp3) is 0.588. The summed E-state index contributed by atoms with van der Waals surface area (Å²) in [5.74, 6) is 3.51. The third-order valence-corrected chi connectivity index (χ3v) is 5.12. The molecule has 6 heteroatoms. The van der Waals surface area contributed by atoms with E-state index in [1.807, 2.05) is 23.7 Å². The van der Waals surface area contributed by atoms with Crippen LogP contribution >= 0.6 is 11.8 Å². The first-order valence-corrected chi connectivity index (χ1v) is 9.18. The molecule has 5 nitrogen and oxygen atoms in total. The molecular formula is C17H26N2O3S. The molecule has 2 N–H and O–H groups in total. The Morgan fingerprint density at radius 2 is 2.09 bits per heavy atom. The summed E-state index contributed by atoms with van der Waals surface area (Å²) in [6, 6.07) is 5.68. The first-order valence-electron chi connectivity index (χ1n) is 8.03. The summed E-state index contributed by atoms with van der Waals surface area (Å²) in [5.41, 5.74) is 6.12. The summed E-state index contributed by atoms with van der Waals surface area (Å²) in [4.78, 5) is 14.6. The molecule has 0 aromatic heterocycles. The number of nitrogens with zero attached hydrogens (tertiary/aromatic N) is 1. The van der Waals surface area contributed by atoms with Gasteiger partial charge in [-0.15, -0.1) is 0 Å². The van der Waals surface area contributed by atoms with Gasteiger partial charge in [0.15, 0.2) is 11.5 Å². The smallest absolute Gasteiger partial charge is 0.253 e. The zero-order valence-electron chi connectivity index (χ0n) is 13.9. The zero-order valence-corrected chi connectivity index (χ0v) is 14.7. The van der Waals surface area contributed by atoms with Crippen molar-refractivity contribution in [1.82, 2.24) is 4.90 Å². The fourth-order valence-electron chi connectivity index (χ4n) is 2.63. The van der Waals surface area contributed by atoms with Crippen LogP contribution < -0.4 is 15.2 Å². The van der Waals surface area contributed by atoms with E-state index in [-0.39, 0.29) is 5.91 Å². The van der Waals surface area contributed by atoms with E-state index in [1.165, 1.54) is 0 Å². The molecule has 0 spiro atoms. The van der Waals surface area contributed by atoms with Gasteiger partial charge in [-0.2, -0.15) is 11.8 Å². The van der Waals surface area contributed by atoms with Crippen molar-refractivity contribution in [3.05, 3.63) is 23.8 Å². The molecule has 2 rings (SSSR count). The first kappa shape index (κ1) is 17.9. The number of nitrogens with two attached hydrogens (primary N) is 1. The third-order valence-electron chi connectivity index (χ3n) is 4.08. The molecule has 128 valence electrons. The van der Waals surface area contributed by atoms with Crippen LogP contribution in [-0.4, -0.2) is 55.7 Å². The van der Waals surface area contributed by atoms with Crippen molar-refractivity contribution in [2.45, 2.75) is 25.3 Å². The lowest BCUT2D eigenvalue weighted by Crippen LogP contribution is -2.39. The molecule has 0 radical (unpaired) electrons. The van der Waals surface area contributed by atoms with Crippen LogP contribution in [0.2, 0.25) is 0 Å². The second-order valence-electron chi connectivity index (χ2n) is 5.62. The van der Waals surface area contributed by atoms with Crippen molar-refractivity contribution in [1.29, 1.82) is 0 Å². The van der Waals surface area contributed by atoms with Crippen molar-refractivity contribution < 1.29 is 14.3 Å². The number of hydrogen-bond donors (Lipinski definition) is 1. The number of thioether (sulfide) groups is 1. The fourth-order valence-corrected chi connectivity index (χ4v) is 3.71. The predicted molar refractivity (Wildman–Crippen MR) is 94.6 cm³/mol. The molecule has 1 aliphatic rings. The number of amides is 1. The van der Waals surface area contributed by atoms with Crippen LogP contribution in [0.5, 0.6) is 11.5 Å². The number of rotatable bonds is 7. The van der Waals surface area contributed by atoms with E-state index in [1.54, 1.807) is 25.3 Å². The van der Waals surface area contributed by atoms with Crippen LogP contribution in [0.1, 0.15) is 29.6 Å². The molecule has 0 saturated carbocycles. The van der Waals surface area contributed by atoms with Gasteiger partial charge in [0.2, 0.25) is 0 Å². The summed E-state index contributed by atoms with van der Waals surface area (Å²) >= 11 is 1.96. The SMILES string of the molecule is COc1ccc(C(=O)N(C)C2CCSCC2)cc1OCCCN. The normalized spacial score (nSPS) is 15.3. The molecule has 0 atom stereocenters. The monoisotopic (exact) mass is 338 g/mol. The lowest BCUT2D eigenvalue weighted by Gasteiger charge is -2.31. The molecule has 1 fully saturated rings. The van der Waals surface area contributed by atoms with E-state index in [9.17, 15) is 4.79 Å². The lowest BCUT2D eigenvalue weighted by molar-refractivity contribution is 0.0723. The maximum absolute atomic E-state index is 12.7. The van der Waals surface area contributed by atoms with Gasteiger partial charge in [0.25, 0.3) is 5.91 Å². The van der Waals surface area contributed by atoms with Crippen LogP contribution in [0.4, 0.5) is 0 Å². The maximum Gasteiger partial charge on any atom is 0.253 e. The second-order valence-corrected chi connectivity index (χ2v) is 6.84. The minimum absolute atomic E-state index is 0.0354. The van der Waals surface area contributed by atoms with Gasteiger partial charge < -0.3 is 20.1 Å². The minimum atomic E-state index is 0.0354. The summed E-state index contributed by atoms with van der Waals surface area (Å²) in [5, 5.41) is 0.